The van der Waals surface area contributed by atoms with Crippen LogP contribution in [0.2, 0.25) is 0 Å². The Hall–Kier alpha value is -2.42. The van der Waals surface area contributed by atoms with Gasteiger partial charge in [-0.2, -0.15) is 0 Å². The second kappa shape index (κ2) is 5.59. The summed E-state index contributed by atoms with van der Waals surface area (Å²) in [5.41, 5.74) is 0.907. The first-order valence-corrected chi connectivity index (χ1v) is 8.10. The van der Waals surface area contributed by atoms with E-state index in [2.05, 4.69) is 0 Å². The summed E-state index contributed by atoms with van der Waals surface area (Å²) in [4.78, 5) is 23.8. The van der Waals surface area contributed by atoms with Crippen molar-refractivity contribution < 1.29 is 9.59 Å². The number of carbonyl (C=O) groups is 2. The van der Waals surface area contributed by atoms with Crippen LogP contribution < -0.4 is 0 Å². The molecule has 0 saturated carbocycles. The predicted octanol–water partition coefficient (Wildman–Crippen LogP) is 5.90. The maximum Gasteiger partial charge on any atom is 0.253 e. The molecular weight excluding hydrogens is 343 g/mol. The average molecular weight is 353 g/mol. The molecule has 4 aromatic carbocycles. The lowest BCUT2D eigenvalue weighted by atomic mass is 9.92. The molecule has 0 N–H and O–H groups in total. The highest BCUT2D eigenvalue weighted by atomic mass is 35.5. The number of benzene rings is 4. The average Bonchev–Trinajstić information content (AvgIpc) is 2.59. The SMILES string of the molecule is O=C(Cl)c1cc2c3ccccc3c(C(=O)Cl)cc2c2ccccc12. The van der Waals surface area contributed by atoms with Crippen molar-refractivity contribution in [2.45, 2.75) is 0 Å². The number of hydrogen-bond acceptors (Lipinski definition) is 2. The van der Waals surface area contributed by atoms with E-state index in [0.717, 1.165) is 32.3 Å². The van der Waals surface area contributed by atoms with Gasteiger partial charge in [0.05, 0.1) is 0 Å². The van der Waals surface area contributed by atoms with Crippen LogP contribution in [0, 0.1) is 0 Å². The number of hydrogen-bond donors (Lipinski definition) is 0. The molecule has 116 valence electrons. The van der Waals surface area contributed by atoms with Crippen molar-refractivity contribution in [1.29, 1.82) is 0 Å². The van der Waals surface area contributed by atoms with Crippen molar-refractivity contribution in [3.63, 3.8) is 0 Å². The van der Waals surface area contributed by atoms with Gasteiger partial charge in [-0.25, -0.2) is 0 Å². The highest BCUT2D eigenvalue weighted by molar-refractivity contribution is 6.69. The molecule has 0 radical (unpaired) electrons. The zero-order valence-electron chi connectivity index (χ0n) is 12.3. The monoisotopic (exact) mass is 352 g/mol. The topological polar surface area (TPSA) is 34.1 Å². The first-order chi connectivity index (χ1) is 11.6. The maximum atomic E-state index is 11.9. The van der Waals surface area contributed by atoms with Crippen LogP contribution in [0.15, 0.2) is 60.7 Å². The lowest BCUT2D eigenvalue weighted by Gasteiger charge is -2.12. The van der Waals surface area contributed by atoms with Gasteiger partial charge in [-0.1, -0.05) is 48.5 Å². The zero-order valence-corrected chi connectivity index (χ0v) is 13.9. The normalized spacial score (nSPS) is 11.2. The molecule has 4 heteroatoms. The van der Waals surface area contributed by atoms with Gasteiger partial charge in [0, 0.05) is 11.1 Å². The second-order valence-electron chi connectivity index (χ2n) is 5.58. The van der Waals surface area contributed by atoms with E-state index in [4.69, 9.17) is 23.2 Å². The van der Waals surface area contributed by atoms with Gasteiger partial charge in [0.1, 0.15) is 0 Å². The Bertz CT molecular complexity index is 1070. The lowest BCUT2D eigenvalue weighted by Crippen LogP contribution is -1.96. The summed E-state index contributed by atoms with van der Waals surface area (Å²) in [5.74, 6) is 0. The van der Waals surface area contributed by atoms with Gasteiger partial charge in [-0.05, 0) is 67.7 Å². The summed E-state index contributed by atoms with van der Waals surface area (Å²) in [6, 6.07) is 18.6. The fourth-order valence-electron chi connectivity index (χ4n) is 3.28. The predicted molar refractivity (Wildman–Crippen MR) is 99.3 cm³/mol. The van der Waals surface area contributed by atoms with Gasteiger partial charge >= 0.3 is 0 Å². The minimum absolute atomic E-state index is 0.454. The third-order valence-electron chi connectivity index (χ3n) is 4.31. The molecule has 2 nitrogen and oxygen atoms in total. The molecule has 4 aromatic rings. The van der Waals surface area contributed by atoms with Crippen molar-refractivity contribution in [1.82, 2.24) is 0 Å². The largest absolute Gasteiger partial charge is 0.276 e. The molecule has 0 aliphatic rings. The Morgan fingerprint density at radius 2 is 0.875 bits per heavy atom. The summed E-state index contributed by atoms with van der Waals surface area (Å²) >= 11 is 11.6. The van der Waals surface area contributed by atoms with E-state index >= 15 is 0 Å². The minimum Gasteiger partial charge on any atom is -0.276 e. The van der Waals surface area contributed by atoms with E-state index < -0.39 is 10.5 Å². The molecule has 0 atom stereocenters. The van der Waals surface area contributed by atoms with Gasteiger partial charge in [0.2, 0.25) is 0 Å². The first kappa shape index (κ1) is 15.1. The molecule has 0 saturated heterocycles. The zero-order chi connectivity index (χ0) is 16.8. The van der Waals surface area contributed by atoms with Gasteiger partial charge < -0.3 is 0 Å². The fraction of sp³-hybridized carbons (Fsp3) is 0. The summed E-state index contributed by atoms with van der Waals surface area (Å²) in [5, 5.41) is 3.98. The Morgan fingerprint density at radius 3 is 1.21 bits per heavy atom. The molecule has 0 aliphatic heterocycles. The van der Waals surface area contributed by atoms with Gasteiger partial charge in [0.25, 0.3) is 10.5 Å². The highest BCUT2D eigenvalue weighted by Crippen LogP contribution is 2.36. The number of rotatable bonds is 2. The molecule has 0 bridgehead atoms. The lowest BCUT2D eigenvalue weighted by molar-refractivity contribution is 0.107. The quantitative estimate of drug-likeness (QED) is 0.332. The van der Waals surface area contributed by atoms with Crippen molar-refractivity contribution in [2.75, 3.05) is 0 Å². The van der Waals surface area contributed by atoms with Crippen molar-refractivity contribution in [2.24, 2.45) is 0 Å². The summed E-state index contributed by atoms with van der Waals surface area (Å²) in [6.45, 7) is 0. The van der Waals surface area contributed by atoms with Crippen LogP contribution in [0.25, 0.3) is 32.3 Å². The van der Waals surface area contributed by atoms with Crippen molar-refractivity contribution >= 4 is 66.0 Å². The van der Waals surface area contributed by atoms with Gasteiger partial charge in [-0.15, -0.1) is 0 Å². The Morgan fingerprint density at radius 1 is 0.542 bits per heavy atom. The van der Waals surface area contributed by atoms with Crippen LogP contribution in [0.4, 0.5) is 0 Å². The summed E-state index contributed by atoms with van der Waals surface area (Å²) in [7, 11) is 0. The maximum absolute atomic E-state index is 11.9. The van der Waals surface area contributed by atoms with E-state index in [-0.39, 0.29) is 0 Å². The van der Waals surface area contributed by atoms with Crippen molar-refractivity contribution in [3.05, 3.63) is 71.8 Å². The highest BCUT2D eigenvalue weighted by Gasteiger charge is 2.16. The fourth-order valence-corrected chi connectivity index (χ4v) is 3.59. The van der Waals surface area contributed by atoms with E-state index in [1.165, 1.54) is 0 Å². The third-order valence-corrected chi connectivity index (χ3v) is 4.71. The molecule has 0 spiro atoms. The molecule has 4 rings (SSSR count). The molecule has 0 heterocycles. The van der Waals surface area contributed by atoms with Crippen molar-refractivity contribution in [3.8, 4) is 0 Å². The van der Waals surface area contributed by atoms with Crippen LogP contribution >= 0.6 is 23.2 Å². The second-order valence-corrected chi connectivity index (χ2v) is 6.27. The Balaban J connectivity index is 2.34. The standard InChI is InChI=1S/C20H10Cl2O2/c21-19(23)17-10-16-12-6-2-4-8-14(12)18(20(22)24)9-15(16)11-5-1-3-7-13(11)17/h1-10H. The van der Waals surface area contributed by atoms with E-state index in [0.29, 0.717) is 11.1 Å². The Labute approximate surface area is 147 Å². The molecule has 0 aromatic heterocycles. The van der Waals surface area contributed by atoms with Gasteiger partial charge in [-0.3, -0.25) is 9.59 Å². The number of halogens is 2. The molecule has 0 amide bonds. The molecule has 0 aliphatic carbocycles. The van der Waals surface area contributed by atoms with Crippen LogP contribution in [0.1, 0.15) is 20.7 Å². The Kier molecular flexibility index (Phi) is 3.52. The first-order valence-electron chi connectivity index (χ1n) is 7.35. The van der Waals surface area contributed by atoms with Crippen LogP contribution in [-0.2, 0) is 0 Å². The summed E-state index contributed by atoms with van der Waals surface area (Å²) in [6.07, 6.45) is 0. The summed E-state index contributed by atoms with van der Waals surface area (Å²) < 4.78 is 0. The van der Waals surface area contributed by atoms with Crippen LogP contribution in [-0.4, -0.2) is 10.5 Å². The third kappa shape index (κ3) is 2.19. The number of carbonyl (C=O) groups excluding carboxylic acids is 2. The van der Waals surface area contributed by atoms with Crippen LogP contribution in [0.5, 0.6) is 0 Å². The van der Waals surface area contributed by atoms with E-state index in [1.807, 2.05) is 48.5 Å². The van der Waals surface area contributed by atoms with E-state index in [9.17, 15) is 9.59 Å². The minimum atomic E-state index is -0.505. The molecule has 0 unspecified atom stereocenters. The van der Waals surface area contributed by atoms with Gasteiger partial charge in [0.15, 0.2) is 0 Å². The molecule has 24 heavy (non-hydrogen) atoms. The molecular formula is C20H10Cl2O2. The van der Waals surface area contributed by atoms with E-state index in [1.54, 1.807) is 12.1 Å². The molecule has 0 fully saturated rings. The smallest absolute Gasteiger partial charge is 0.253 e. The number of fused-ring (bicyclic) bond motifs is 5. The van der Waals surface area contributed by atoms with Crippen LogP contribution in [0.3, 0.4) is 0 Å².